The fourth-order valence-electron chi connectivity index (χ4n) is 1.89. The maximum Gasteiger partial charge on any atom is 0.244 e. The minimum atomic E-state index is -1.17. The van der Waals surface area contributed by atoms with Crippen LogP contribution in [0.3, 0.4) is 0 Å². The molecule has 21 heavy (non-hydrogen) atoms. The maximum atomic E-state index is 13.8. The molecule has 3 N–H and O–H groups in total. The number of amides is 1. The Kier molecular flexibility index (Phi) is 4.37. The highest BCUT2D eigenvalue weighted by Gasteiger charge is 2.22. The first-order chi connectivity index (χ1) is 10.0. The number of ether oxygens (including phenoxy) is 1. The topological polar surface area (TPSA) is 64.3 Å². The molecule has 0 radical (unpaired) electrons. The third-order valence-corrected chi connectivity index (χ3v) is 2.95. The van der Waals surface area contributed by atoms with Gasteiger partial charge in [0.25, 0.3) is 0 Å². The second-order valence-electron chi connectivity index (χ2n) is 4.37. The van der Waals surface area contributed by atoms with Crippen LogP contribution in [0.1, 0.15) is 11.6 Å². The van der Waals surface area contributed by atoms with Crippen LogP contribution in [0, 0.1) is 11.6 Å². The van der Waals surface area contributed by atoms with E-state index in [9.17, 15) is 13.6 Å². The predicted octanol–water partition coefficient (Wildman–Crippen LogP) is 2.61. The summed E-state index contributed by atoms with van der Waals surface area (Å²) in [6, 6.07) is 8.33. The van der Waals surface area contributed by atoms with Crippen LogP contribution < -0.4 is 15.8 Å². The third kappa shape index (κ3) is 3.47. The van der Waals surface area contributed by atoms with E-state index in [0.717, 1.165) is 18.2 Å². The first kappa shape index (κ1) is 14.8. The van der Waals surface area contributed by atoms with Crippen molar-refractivity contribution < 1.29 is 18.3 Å². The van der Waals surface area contributed by atoms with Crippen LogP contribution in [0.2, 0.25) is 0 Å². The number of nitrogens with one attached hydrogen (secondary N) is 1. The molecule has 0 heterocycles. The first-order valence-corrected chi connectivity index (χ1v) is 6.16. The van der Waals surface area contributed by atoms with E-state index >= 15 is 0 Å². The van der Waals surface area contributed by atoms with Gasteiger partial charge in [-0.1, -0.05) is 0 Å². The highest BCUT2D eigenvalue weighted by molar-refractivity contribution is 5.84. The predicted molar refractivity (Wildman–Crippen MR) is 74.9 cm³/mol. The quantitative estimate of drug-likeness (QED) is 0.890. The van der Waals surface area contributed by atoms with E-state index in [0.29, 0.717) is 11.4 Å². The molecule has 1 amide bonds. The summed E-state index contributed by atoms with van der Waals surface area (Å²) < 4.78 is 32.0. The number of primary amides is 1. The molecule has 4 nitrogen and oxygen atoms in total. The van der Waals surface area contributed by atoms with Gasteiger partial charge in [0.1, 0.15) is 23.4 Å². The second kappa shape index (κ2) is 6.21. The van der Waals surface area contributed by atoms with Gasteiger partial charge in [0.15, 0.2) is 0 Å². The van der Waals surface area contributed by atoms with E-state index in [1.54, 1.807) is 24.3 Å². The molecule has 0 aromatic heterocycles. The zero-order valence-electron chi connectivity index (χ0n) is 11.3. The van der Waals surface area contributed by atoms with Gasteiger partial charge < -0.3 is 15.8 Å². The van der Waals surface area contributed by atoms with Crippen molar-refractivity contribution in [1.29, 1.82) is 0 Å². The van der Waals surface area contributed by atoms with Crippen LogP contribution in [0.25, 0.3) is 0 Å². The highest BCUT2D eigenvalue weighted by atomic mass is 19.1. The normalized spacial score (nSPS) is 11.8. The number of rotatable bonds is 5. The molecule has 2 rings (SSSR count). The van der Waals surface area contributed by atoms with Gasteiger partial charge >= 0.3 is 0 Å². The Labute approximate surface area is 120 Å². The molecular formula is C15H14F2N2O2. The molecule has 0 bridgehead atoms. The number of hydrogen-bond donors (Lipinski definition) is 2. The number of nitrogens with two attached hydrogens (primary N) is 1. The van der Waals surface area contributed by atoms with Gasteiger partial charge in [-0.3, -0.25) is 4.79 Å². The highest BCUT2D eigenvalue weighted by Crippen LogP contribution is 2.24. The van der Waals surface area contributed by atoms with Gasteiger partial charge in [0.2, 0.25) is 5.91 Å². The second-order valence-corrected chi connectivity index (χ2v) is 4.37. The van der Waals surface area contributed by atoms with Gasteiger partial charge in [0, 0.05) is 11.3 Å². The van der Waals surface area contributed by atoms with E-state index in [-0.39, 0.29) is 5.56 Å². The largest absolute Gasteiger partial charge is 0.497 e. The number of halogens is 2. The van der Waals surface area contributed by atoms with Crippen molar-refractivity contribution in [1.82, 2.24) is 0 Å². The first-order valence-electron chi connectivity index (χ1n) is 6.16. The van der Waals surface area contributed by atoms with Gasteiger partial charge in [-0.15, -0.1) is 0 Å². The van der Waals surface area contributed by atoms with Crippen molar-refractivity contribution in [2.75, 3.05) is 12.4 Å². The minimum absolute atomic E-state index is 0.140. The van der Waals surface area contributed by atoms with E-state index in [1.807, 2.05) is 0 Å². The monoisotopic (exact) mass is 292 g/mol. The van der Waals surface area contributed by atoms with E-state index in [4.69, 9.17) is 10.5 Å². The molecule has 0 saturated heterocycles. The number of hydrogen-bond acceptors (Lipinski definition) is 3. The number of carbonyl (C=O) groups excluding carboxylic acids is 1. The Morgan fingerprint density at radius 3 is 2.43 bits per heavy atom. The van der Waals surface area contributed by atoms with Gasteiger partial charge in [0.05, 0.1) is 7.11 Å². The molecule has 2 aromatic carbocycles. The van der Waals surface area contributed by atoms with E-state index < -0.39 is 23.6 Å². The van der Waals surface area contributed by atoms with Gasteiger partial charge in [-0.25, -0.2) is 8.78 Å². The molecule has 110 valence electrons. The van der Waals surface area contributed by atoms with Crippen LogP contribution >= 0.6 is 0 Å². The summed E-state index contributed by atoms with van der Waals surface area (Å²) in [4.78, 5) is 11.5. The Bertz CT molecular complexity index is 645. The summed E-state index contributed by atoms with van der Waals surface area (Å²) in [6.45, 7) is 0. The van der Waals surface area contributed by atoms with Crippen molar-refractivity contribution >= 4 is 11.6 Å². The van der Waals surface area contributed by atoms with E-state index in [2.05, 4.69) is 5.32 Å². The Hall–Kier alpha value is -2.63. The summed E-state index contributed by atoms with van der Waals surface area (Å²) in [5.74, 6) is -1.53. The molecular weight excluding hydrogens is 278 g/mol. The summed E-state index contributed by atoms with van der Waals surface area (Å²) >= 11 is 0. The molecule has 2 aromatic rings. The Balaban J connectivity index is 2.30. The van der Waals surface area contributed by atoms with Crippen molar-refractivity contribution in [3.8, 4) is 5.75 Å². The summed E-state index contributed by atoms with van der Waals surface area (Å²) in [7, 11) is 1.52. The summed E-state index contributed by atoms with van der Waals surface area (Å²) in [6.07, 6.45) is 0. The molecule has 0 aliphatic rings. The zero-order valence-corrected chi connectivity index (χ0v) is 11.3. The average Bonchev–Trinajstić information content (AvgIpc) is 2.48. The fraction of sp³-hybridized carbons (Fsp3) is 0.133. The summed E-state index contributed by atoms with van der Waals surface area (Å²) in [5.41, 5.74) is 5.67. The van der Waals surface area contributed by atoms with Crippen molar-refractivity contribution in [2.45, 2.75) is 6.04 Å². The van der Waals surface area contributed by atoms with Crippen LogP contribution in [-0.4, -0.2) is 13.0 Å². The summed E-state index contributed by atoms with van der Waals surface area (Å²) in [5, 5.41) is 2.78. The number of benzene rings is 2. The lowest BCUT2D eigenvalue weighted by molar-refractivity contribution is -0.118. The lowest BCUT2D eigenvalue weighted by atomic mass is 10.0. The minimum Gasteiger partial charge on any atom is -0.497 e. The molecule has 1 atom stereocenters. The number of anilines is 1. The van der Waals surface area contributed by atoms with Crippen molar-refractivity contribution in [3.05, 3.63) is 59.7 Å². The number of methoxy groups -OCH3 is 1. The molecule has 0 spiro atoms. The lowest BCUT2D eigenvalue weighted by Crippen LogP contribution is -2.28. The van der Waals surface area contributed by atoms with Crippen molar-refractivity contribution in [3.63, 3.8) is 0 Å². The van der Waals surface area contributed by atoms with Crippen LogP contribution in [-0.2, 0) is 4.79 Å². The molecule has 0 saturated carbocycles. The smallest absolute Gasteiger partial charge is 0.244 e. The van der Waals surface area contributed by atoms with Crippen LogP contribution in [0.15, 0.2) is 42.5 Å². The Morgan fingerprint density at radius 2 is 1.86 bits per heavy atom. The molecule has 0 aliphatic heterocycles. The van der Waals surface area contributed by atoms with Crippen LogP contribution in [0.5, 0.6) is 5.75 Å². The van der Waals surface area contributed by atoms with Gasteiger partial charge in [-0.05, 0) is 42.5 Å². The number of carbonyl (C=O) groups is 1. The molecule has 0 aliphatic carbocycles. The molecule has 6 heteroatoms. The SMILES string of the molecule is COc1ccc(NC(C(N)=O)c2cc(F)ccc2F)cc1. The third-order valence-electron chi connectivity index (χ3n) is 2.95. The zero-order chi connectivity index (χ0) is 15.4. The van der Waals surface area contributed by atoms with E-state index in [1.165, 1.54) is 7.11 Å². The molecule has 1 unspecified atom stereocenters. The standard InChI is InChI=1S/C15H14F2N2O2/c1-21-11-5-3-10(4-6-11)19-14(15(18)20)12-8-9(16)2-7-13(12)17/h2-8,14,19H,1H3,(H2,18,20). The Morgan fingerprint density at radius 1 is 1.19 bits per heavy atom. The maximum absolute atomic E-state index is 13.8. The van der Waals surface area contributed by atoms with Crippen molar-refractivity contribution in [2.24, 2.45) is 5.73 Å². The van der Waals surface area contributed by atoms with Gasteiger partial charge in [-0.2, -0.15) is 0 Å². The molecule has 0 fully saturated rings. The van der Waals surface area contributed by atoms with Crippen LogP contribution in [0.4, 0.5) is 14.5 Å². The fourth-order valence-corrected chi connectivity index (χ4v) is 1.89. The average molecular weight is 292 g/mol. The lowest BCUT2D eigenvalue weighted by Gasteiger charge is -2.18.